The summed E-state index contributed by atoms with van der Waals surface area (Å²) in [6.07, 6.45) is 1.80. The summed E-state index contributed by atoms with van der Waals surface area (Å²) < 4.78 is 0. The van der Waals surface area contributed by atoms with Crippen molar-refractivity contribution in [1.29, 1.82) is 0 Å². The molecule has 4 N–H and O–H groups in total. The lowest BCUT2D eigenvalue weighted by molar-refractivity contribution is -0.136. The van der Waals surface area contributed by atoms with Crippen LogP contribution in [-0.4, -0.2) is 66.7 Å². The van der Waals surface area contributed by atoms with E-state index in [0.29, 0.717) is 19.6 Å². The van der Waals surface area contributed by atoms with E-state index < -0.39 is 29.7 Å². The maximum absolute atomic E-state index is 13.0. The van der Waals surface area contributed by atoms with Crippen molar-refractivity contribution < 1.29 is 24.0 Å². The van der Waals surface area contributed by atoms with E-state index in [9.17, 15) is 24.0 Å². The number of carbonyl (C=O) groups excluding carboxylic acids is 5. The summed E-state index contributed by atoms with van der Waals surface area (Å²) >= 11 is 0. The zero-order chi connectivity index (χ0) is 22.1. The Balaban J connectivity index is 1.52. The van der Waals surface area contributed by atoms with Crippen LogP contribution in [0.25, 0.3) is 0 Å². The van der Waals surface area contributed by atoms with Crippen LogP contribution >= 0.6 is 0 Å². The van der Waals surface area contributed by atoms with Gasteiger partial charge in [-0.2, -0.15) is 0 Å². The number of hydrogen-bond acceptors (Lipinski definition) is 7. The monoisotopic (exact) mass is 427 g/mol. The number of amides is 5. The van der Waals surface area contributed by atoms with Gasteiger partial charge >= 0.3 is 0 Å². The predicted octanol–water partition coefficient (Wildman–Crippen LogP) is -0.621. The first-order valence-corrected chi connectivity index (χ1v) is 10.5. The minimum absolute atomic E-state index is 0.0356. The highest BCUT2D eigenvalue weighted by atomic mass is 16.2. The van der Waals surface area contributed by atoms with Crippen molar-refractivity contribution in [3.8, 4) is 0 Å². The van der Waals surface area contributed by atoms with E-state index in [0.717, 1.165) is 30.0 Å². The molecule has 2 unspecified atom stereocenters. The van der Waals surface area contributed by atoms with E-state index in [2.05, 4.69) is 10.6 Å². The predicted molar refractivity (Wildman–Crippen MR) is 110 cm³/mol. The second-order valence-corrected chi connectivity index (χ2v) is 8.04. The van der Waals surface area contributed by atoms with Crippen molar-refractivity contribution in [1.82, 2.24) is 15.5 Å². The normalized spacial score (nSPS) is 23.6. The first kappa shape index (κ1) is 21.0. The van der Waals surface area contributed by atoms with Gasteiger partial charge in [0.15, 0.2) is 0 Å². The van der Waals surface area contributed by atoms with Crippen molar-refractivity contribution in [2.75, 3.05) is 31.1 Å². The summed E-state index contributed by atoms with van der Waals surface area (Å²) in [6.45, 7) is 2.06. The Labute approximate surface area is 179 Å². The smallest absolute Gasteiger partial charge is 0.262 e. The van der Waals surface area contributed by atoms with Gasteiger partial charge in [0.05, 0.1) is 17.0 Å². The van der Waals surface area contributed by atoms with E-state index in [4.69, 9.17) is 5.73 Å². The first-order chi connectivity index (χ1) is 14.9. The van der Waals surface area contributed by atoms with Gasteiger partial charge in [-0.1, -0.05) is 0 Å². The van der Waals surface area contributed by atoms with Crippen LogP contribution in [-0.2, 0) is 14.4 Å². The number of anilines is 1. The van der Waals surface area contributed by atoms with Gasteiger partial charge in [0.1, 0.15) is 6.04 Å². The lowest BCUT2D eigenvalue weighted by Crippen LogP contribution is -2.54. The van der Waals surface area contributed by atoms with Gasteiger partial charge in [-0.15, -0.1) is 0 Å². The zero-order valence-electron chi connectivity index (χ0n) is 17.1. The van der Waals surface area contributed by atoms with Crippen LogP contribution in [0.5, 0.6) is 0 Å². The highest BCUT2D eigenvalue weighted by Gasteiger charge is 2.44. The molecule has 4 rings (SSSR count). The number of benzene rings is 1. The summed E-state index contributed by atoms with van der Waals surface area (Å²) in [5, 5.41) is 5.01. The molecule has 0 saturated carbocycles. The highest BCUT2D eigenvalue weighted by molar-refractivity contribution is 6.23. The Kier molecular flexibility index (Phi) is 5.73. The number of rotatable bonds is 5. The number of piperidine rings is 2. The minimum Gasteiger partial charge on any atom is -0.371 e. The second kappa shape index (κ2) is 8.46. The molecule has 2 saturated heterocycles. The van der Waals surface area contributed by atoms with Crippen LogP contribution in [0.4, 0.5) is 5.69 Å². The SMILES string of the molecule is NCCNC(=O)C1CCCN(c2ccc3c(c2)C(=O)N(C2CCC(=O)NC2=O)C3=O)C1. The second-order valence-electron chi connectivity index (χ2n) is 8.04. The number of nitrogens with one attached hydrogen (secondary N) is 2. The fraction of sp³-hybridized carbons (Fsp3) is 0.476. The lowest BCUT2D eigenvalue weighted by atomic mass is 9.96. The molecule has 1 aromatic carbocycles. The standard InChI is InChI=1S/C21H25N5O5/c22-7-8-23-18(28)12-2-1-9-25(11-12)13-3-4-14-15(10-13)21(31)26(20(14)30)16-5-6-17(27)24-19(16)29/h3-4,10,12,16H,1-2,5-9,11,22H2,(H,23,28)(H,24,27,29). The minimum atomic E-state index is -0.987. The average molecular weight is 427 g/mol. The molecule has 3 aliphatic heterocycles. The Bertz CT molecular complexity index is 961. The molecule has 3 heterocycles. The van der Waals surface area contributed by atoms with Gasteiger partial charge in [-0.3, -0.25) is 34.2 Å². The molecule has 10 heteroatoms. The Morgan fingerprint density at radius 1 is 1.13 bits per heavy atom. The van der Waals surface area contributed by atoms with Gasteiger partial charge in [0.2, 0.25) is 17.7 Å². The summed E-state index contributed by atoms with van der Waals surface area (Å²) in [7, 11) is 0. The van der Waals surface area contributed by atoms with Crippen LogP contribution < -0.4 is 21.3 Å². The Hall–Kier alpha value is -3.27. The number of nitrogens with zero attached hydrogens (tertiary/aromatic N) is 2. The molecule has 1 aromatic rings. The van der Waals surface area contributed by atoms with Gasteiger partial charge in [-0.25, -0.2) is 0 Å². The Morgan fingerprint density at radius 2 is 1.90 bits per heavy atom. The molecule has 0 aliphatic carbocycles. The molecule has 31 heavy (non-hydrogen) atoms. The van der Waals surface area contributed by atoms with Gasteiger partial charge in [-0.05, 0) is 37.5 Å². The number of carbonyl (C=O) groups is 5. The quantitative estimate of drug-likeness (QED) is 0.532. The van der Waals surface area contributed by atoms with Crippen molar-refractivity contribution in [2.45, 2.75) is 31.7 Å². The summed E-state index contributed by atoms with van der Waals surface area (Å²) in [4.78, 5) is 64.7. The van der Waals surface area contributed by atoms with Crippen molar-refractivity contribution in [3.63, 3.8) is 0 Å². The molecule has 5 amide bonds. The van der Waals surface area contributed by atoms with Crippen LogP contribution in [0, 0.1) is 5.92 Å². The van der Waals surface area contributed by atoms with E-state index in [1.807, 2.05) is 4.90 Å². The molecular weight excluding hydrogens is 402 g/mol. The maximum atomic E-state index is 13.0. The molecule has 2 fully saturated rings. The molecule has 0 radical (unpaired) electrons. The highest BCUT2D eigenvalue weighted by Crippen LogP contribution is 2.32. The zero-order valence-corrected chi connectivity index (χ0v) is 17.1. The number of imide groups is 2. The van der Waals surface area contributed by atoms with Crippen LogP contribution in [0.1, 0.15) is 46.4 Å². The van der Waals surface area contributed by atoms with Crippen LogP contribution in [0.15, 0.2) is 18.2 Å². The van der Waals surface area contributed by atoms with E-state index in [1.165, 1.54) is 0 Å². The molecule has 0 bridgehead atoms. The molecule has 3 aliphatic rings. The molecule has 10 nitrogen and oxygen atoms in total. The number of hydrogen-bond donors (Lipinski definition) is 3. The summed E-state index contributed by atoms with van der Waals surface area (Å²) in [6, 6.07) is 4.02. The average Bonchev–Trinajstić information content (AvgIpc) is 3.02. The van der Waals surface area contributed by atoms with E-state index in [1.54, 1.807) is 18.2 Å². The molecule has 0 aromatic heterocycles. The van der Waals surface area contributed by atoms with E-state index in [-0.39, 0.29) is 35.8 Å². The van der Waals surface area contributed by atoms with E-state index >= 15 is 0 Å². The molecular formula is C21H25N5O5. The summed E-state index contributed by atoms with van der Waals surface area (Å²) in [5.41, 5.74) is 6.68. The lowest BCUT2D eigenvalue weighted by Gasteiger charge is -2.34. The largest absolute Gasteiger partial charge is 0.371 e. The topological polar surface area (TPSA) is 142 Å². The van der Waals surface area contributed by atoms with Crippen LogP contribution in [0.2, 0.25) is 0 Å². The third-order valence-corrected chi connectivity index (χ3v) is 6.02. The third kappa shape index (κ3) is 3.90. The van der Waals surface area contributed by atoms with Crippen molar-refractivity contribution in [3.05, 3.63) is 29.3 Å². The fourth-order valence-electron chi connectivity index (χ4n) is 4.42. The maximum Gasteiger partial charge on any atom is 0.262 e. The molecule has 164 valence electrons. The summed E-state index contributed by atoms with van der Waals surface area (Å²) in [5.74, 6) is -2.31. The number of nitrogens with two attached hydrogens (primary N) is 1. The van der Waals surface area contributed by atoms with Crippen molar-refractivity contribution in [2.24, 2.45) is 11.7 Å². The number of fused-ring (bicyclic) bond motifs is 1. The van der Waals surface area contributed by atoms with Gasteiger partial charge in [0.25, 0.3) is 11.8 Å². The van der Waals surface area contributed by atoms with Gasteiger partial charge < -0.3 is 16.0 Å². The molecule has 0 spiro atoms. The van der Waals surface area contributed by atoms with Crippen molar-refractivity contribution >= 4 is 35.2 Å². The van der Waals surface area contributed by atoms with Gasteiger partial charge in [0, 0.05) is 38.3 Å². The fourth-order valence-corrected chi connectivity index (χ4v) is 4.42. The third-order valence-electron chi connectivity index (χ3n) is 6.02. The van der Waals surface area contributed by atoms with Crippen LogP contribution in [0.3, 0.4) is 0 Å². The Morgan fingerprint density at radius 3 is 2.65 bits per heavy atom. The first-order valence-electron chi connectivity index (χ1n) is 10.5. The molecule has 2 atom stereocenters.